The molecule has 1 aromatic carbocycles. The molecule has 4 nitrogen and oxygen atoms in total. The van der Waals surface area contributed by atoms with Crippen LogP contribution in [0.5, 0.6) is 5.75 Å². The van der Waals surface area contributed by atoms with Gasteiger partial charge in [-0.3, -0.25) is 4.40 Å². The molecule has 0 saturated heterocycles. The number of aryl methyl sites for hydroxylation is 2. The summed E-state index contributed by atoms with van der Waals surface area (Å²) in [6.45, 7) is 4.14. The van der Waals surface area contributed by atoms with Crippen molar-refractivity contribution in [1.29, 1.82) is 0 Å². The van der Waals surface area contributed by atoms with Crippen molar-refractivity contribution in [3.05, 3.63) is 63.9 Å². The Kier molecular flexibility index (Phi) is 4.13. The van der Waals surface area contributed by atoms with Crippen molar-refractivity contribution in [2.24, 2.45) is 0 Å². The number of halogens is 1. The Morgan fingerprint density at radius 2 is 2.04 bits per heavy atom. The van der Waals surface area contributed by atoms with Gasteiger partial charge in [-0.1, -0.05) is 11.6 Å². The molecule has 0 saturated carbocycles. The Morgan fingerprint density at radius 3 is 2.80 bits per heavy atom. The number of methoxy groups -OCH3 is 1. The van der Waals surface area contributed by atoms with Crippen molar-refractivity contribution in [2.75, 3.05) is 17.9 Å². The Labute approximate surface area is 156 Å². The first kappa shape index (κ1) is 16.4. The maximum absolute atomic E-state index is 6.33. The normalized spacial score (nSPS) is 14.2. The van der Waals surface area contributed by atoms with Crippen LogP contribution in [-0.4, -0.2) is 22.4 Å². The van der Waals surface area contributed by atoms with Crippen LogP contribution < -0.4 is 9.64 Å². The van der Waals surface area contributed by atoms with Crippen LogP contribution in [0.4, 0.5) is 5.69 Å². The lowest BCUT2D eigenvalue weighted by Gasteiger charge is -2.22. The van der Waals surface area contributed by atoms with Crippen LogP contribution in [0, 0.1) is 13.8 Å². The number of thioether (sulfide) groups is 1. The number of anilines is 1. The van der Waals surface area contributed by atoms with Gasteiger partial charge in [0.15, 0.2) is 0 Å². The van der Waals surface area contributed by atoms with E-state index < -0.39 is 0 Å². The molecule has 128 valence electrons. The first-order valence-corrected chi connectivity index (χ1v) is 9.39. The van der Waals surface area contributed by atoms with Gasteiger partial charge in [0.2, 0.25) is 0 Å². The van der Waals surface area contributed by atoms with E-state index in [4.69, 9.17) is 21.3 Å². The SMILES string of the molecule is COc1ccc(N2CSC=C2c2c(C)nc3cc(C)ccn23)cc1Cl. The maximum Gasteiger partial charge on any atom is 0.137 e. The van der Waals surface area contributed by atoms with Crippen LogP contribution in [0.25, 0.3) is 11.3 Å². The second kappa shape index (κ2) is 6.32. The molecule has 0 aliphatic carbocycles. The summed E-state index contributed by atoms with van der Waals surface area (Å²) in [7, 11) is 1.63. The molecule has 0 atom stereocenters. The number of hydrogen-bond donors (Lipinski definition) is 0. The molecular weight excluding hydrogens is 354 g/mol. The van der Waals surface area contributed by atoms with E-state index in [0.717, 1.165) is 34.3 Å². The maximum atomic E-state index is 6.33. The van der Waals surface area contributed by atoms with Crippen molar-refractivity contribution in [2.45, 2.75) is 13.8 Å². The lowest BCUT2D eigenvalue weighted by Crippen LogP contribution is -2.18. The van der Waals surface area contributed by atoms with Gasteiger partial charge >= 0.3 is 0 Å². The summed E-state index contributed by atoms with van der Waals surface area (Å²) in [6, 6.07) is 10.1. The Hall–Kier alpha value is -2.11. The predicted molar refractivity (Wildman–Crippen MR) is 106 cm³/mol. The van der Waals surface area contributed by atoms with Crippen LogP contribution in [0.1, 0.15) is 17.0 Å². The van der Waals surface area contributed by atoms with Gasteiger partial charge in [-0.2, -0.15) is 0 Å². The fraction of sp³-hybridized carbons (Fsp3) is 0.211. The molecule has 0 spiro atoms. The number of rotatable bonds is 3. The highest BCUT2D eigenvalue weighted by Gasteiger charge is 2.24. The zero-order valence-corrected chi connectivity index (χ0v) is 15.9. The monoisotopic (exact) mass is 371 g/mol. The van der Waals surface area contributed by atoms with Gasteiger partial charge in [0.1, 0.15) is 11.4 Å². The van der Waals surface area contributed by atoms with Gasteiger partial charge in [-0.05, 0) is 55.2 Å². The van der Waals surface area contributed by atoms with Crippen molar-refractivity contribution in [1.82, 2.24) is 9.38 Å². The highest BCUT2D eigenvalue weighted by Crippen LogP contribution is 2.39. The quantitative estimate of drug-likeness (QED) is 0.639. The topological polar surface area (TPSA) is 29.8 Å². The predicted octanol–water partition coefficient (Wildman–Crippen LogP) is 5.12. The molecule has 2 aromatic heterocycles. The lowest BCUT2D eigenvalue weighted by molar-refractivity contribution is 0.415. The highest BCUT2D eigenvalue weighted by molar-refractivity contribution is 8.02. The van der Waals surface area contributed by atoms with E-state index in [1.165, 1.54) is 5.56 Å². The number of aromatic nitrogens is 2. The summed E-state index contributed by atoms with van der Waals surface area (Å²) < 4.78 is 7.42. The number of imidazole rings is 1. The van der Waals surface area contributed by atoms with Gasteiger partial charge in [-0.25, -0.2) is 4.98 Å². The Bertz CT molecular complexity index is 996. The van der Waals surface area contributed by atoms with Crippen molar-refractivity contribution < 1.29 is 4.74 Å². The van der Waals surface area contributed by atoms with Crippen LogP contribution in [0.3, 0.4) is 0 Å². The smallest absolute Gasteiger partial charge is 0.137 e. The third kappa shape index (κ3) is 2.77. The largest absolute Gasteiger partial charge is 0.495 e. The molecule has 0 bridgehead atoms. The van der Waals surface area contributed by atoms with E-state index >= 15 is 0 Å². The first-order valence-electron chi connectivity index (χ1n) is 7.97. The molecule has 0 unspecified atom stereocenters. The molecule has 1 aliphatic rings. The third-order valence-corrected chi connectivity index (χ3v) is 5.43. The van der Waals surface area contributed by atoms with E-state index in [9.17, 15) is 0 Å². The molecule has 3 aromatic rings. The van der Waals surface area contributed by atoms with Crippen LogP contribution in [-0.2, 0) is 0 Å². The van der Waals surface area contributed by atoms with E-state index in [2.05, 4.69) is 46.9 Å². The number of benzene rings is 1. The molecule has 6 heteroatoms. The molecule has 3 heterocycles. The Balaban J connectivity index is 1.80. The van der Waals surface area contributed by atoms with E-state index in [1.807, 2.05) is 18.2 Å². The second-order valence-corrected chi connectivity index (χ2v) is 7.26. The first-order chi connectivity index (χ1) is 12.1. The number of nitrogens with zero attached hydrogens (tertiary/aromatic N) is 3. The van der Waals surface area contributed by atoms with Crippen LogP contribution in [0.15, 0.2) is 41.9 Å². The summed E-state index contributed by atoms with van der Waals surface area (Å²) >= 11 is 8.10. The van der Waals surface area contributed by atoms with Gasteiger partial charge in [-0.15, -0.1) is 11.8 Å². The van der Waals surface area contributed by atoms with Gasteiger partial charge < -0.3 is 9.64 Å². The zero-order valence-electron chi connectivity index (χ0n) is 14.3. The average molecular weight is 372 g/mol. The second-order valence-electron chi connectivity index (χ2n) is 6.02. The standard InChI is InChI=1S/C19H18ClN3OS/c1-12-6-7-22-18(8-12)21-13(2)19(22)16-10-25-11-23(16)14-4-5-17(24-3)15(20)9-14/h4-10H,11H2,1-3H3. The summed E-state index contributed by atoms with van der Waals surface area (Å²) in [6.07, 6.45) is 2.09. The average Bonchev–Trinajstić information content (AvgIpc) is 3.17. The lowest BCUT2D eigenvalue weighted by atomic mass is 10.2. The fourth-order valence-electron chi connectivity index (χ4n) is 3.12. The molecule has 1 aliphatic heterocycles. The Morgan fingerprint density at radius 1 is 1.20 bits per heavy atom. The molecule has 25 heavy (non-hydrogen) atoms. The number of pyridine rings is 1. The molecule has 0 fully saturated rings. The van der Waals surface area contributed by atoms with Crippen molar-refractivity contribution >= 4 is 40.4 Å². The summed E-state index contributed by atoms with van der Waals surface area (Å²) in [5.41, 5.74) is 6.50. The minimum absolute atomic E-state index is 0.613. The van der Waals surface area contributed by atoms with Crippen molar-refractivity contribution in [3.8, 4) is 5.75 Å². The number of fused-ring (bicyclic) bond motifs is 1. The molecule has 0 radical (unpaired) electrons. The van der Waals surface area contributed by atoms with Gasteiger partial charge in [0.25, 0.3) is 0 Å². The van der Waals surface area contributed by atoms with E-state index in [1.54, 1.807) is 18.9 Å². The van der Waals surface area contributed by atoms with Crippen molar-refractivity contribution in [3.63, 3.8) is 0 Å². The minimum Gasteiger partial charge on any atom is -0.495 e. The molecular formula is C19H18ClN3OS. The molecule has 4 rings (SSSR count). The summed E-state index contributed by atoms with van der Waals surface area (Å²) in [5.74, 6) is 1.53. The van der Waals surface area contributed by atoms with Crippen LogP contribution >= 0.6 is 23.4 Å². The third-order valence-electron chi connectivity index (χ3n) is 4.34. The van der Waals surface area contributed by atoms with E-state index in [-0.39, 0.29) is 0 Å². The number of hydrogen-bond acceptors (Lipinski definition) is 4. The minimum atomic E-state index is 0.613. The summed E-state index contributed by atoms with van der Waals surface area (Å²) in [4.78, 5) is 6.99. The van der Waals surface area contributed by atoms with Gasteiger partial charge in [0.05, 0.1) is 35.1 Å². The van der Waals surface area contributed by atoms with Gasteiger partial charge in [0, 0.05) is 11.9 Å². The molecule has 0 amide bonds. The van der Waals surface area contributed by atoms with E-state index in [0.29, 0.717) is 10.8 Å². The van der Waals surface area contributed by atoms with Crippen LogP contribution in [0.2, 0.25) is 5.02 Å². The number of ether oxygens (including phenoxy) is 1. The summed E-state index contributed by atoms with van der Waals surface area (Å²) in [5, 5.41) is 2.80. The highest BCUT2D eigenvalue weighted by atomic mass is 35.5. The molecule has 0 N–H and O–H groups in total. The fourth-order valence-corrected chi connectivity index (χ4v) is 4.28. The zero-order chi connectivity index (χ0) is 17.6.